The van der Waals surface area contributed by atoms with Crippen molar-refractivity contribution in [3.8, 4) is 5.75 Å². The van der Waals surface area contributed by atoms with Gasteiger partial charge in [0.05, 0.1) is 20.8 Å². The first-order chi connectivity index (χ1) is 12.9. The average molecular weight is 394 g/mol. The Kier molecular flexibility index (Phi) is 5.95. The molecule has 8 heteroatoms. The highest BCUT2D eigenvalue weighted by atomic mass is 32.1. The number of thiazole rings is 1. The Morgan fingerprint density at radius 3 is 2.74 bits per heavy atom. The summed E-state index contributed by atoms with van der Waals surface area (Å²) in [5, 5.41) is 3.70. The van der Waals surface area contributed by atoms with Gasteiger partial charge in [-0.15, -0.1) is 11.3 Å². The van der Waals surface area contributed by atoms with Gasteiger partial charge in [0.2, 0.25) is 0 Å². The van der Waals surface area contributed by atoms with Crippen LogP contribution < -0.4 is 10.1 Å². The van der Waals surface area contributed by atoms with Crippen molar-refractivity contribution in [1.82, 2.24) is 10.3 Å². The number of para-hydroxylation sites is 1. The number of carbonyl (C=O) groups excluding carboxylic acids is 1. The molecule has 3 aromatic rings. The monoisotopic (exact) mass is 394 g/mol. The average Bonchev–Trinajstić information content (AvgIpc) is 3.06. The molecule has 3 rings (SSSR count). The molecule has 0 aliphatic heterocycles. The Morgan fingerprint density at radius 2 is 1.96 bits per heavy atom. The van der Waals surface area contributed by atoms with Crippen LogP contribution in [0.4, 0.5) is 13.2 Å². The van der Waals surface area contributed by atoms with E-state index in [2.05, 4.69) is 10.3 Å². The number of nitrogens with zero attached hydrogens (tertiary/aromatic N) is 1. The van der Waals surface area contributed by atoms with Crippen molar-refractivity contribution in [2.45, 2.75) is 19.0 Å². The van der Waals surface area contributed by atoms with Gasteiger partial charge in [0.25, 0.3) is 5.91 Å². The molecule has 1 aromatic heterocycles. The predicted octanol–water partition coefficient (Wildman–Crippen LogP) is 4.44. The van der Waals surface area contributed by atoms with Gasteiger partial charge >= 0.3 is 6.18 Å². The fourth-order valence-corrected chi connectivity index (χ4v) is 3.47. The molecule has 0 aliphatic rings. The van der Waals surface area contributed by atoms with Gasteiger partial charge in [-0.25, -0.2) is 4.98 Å². The van der Waals surface area contributed by atoms with Gasteiger partial charge in [-0.05, 0) is 36.8 Å². The molecule has 0 unspecified atom stereocenters. The van der Waals surface area contributed by atoms with Gasteiger partial charge in [0.1, 0.15) is 5.75 Å². The molecule has 0 radical (unpaired) electrons. The van der Waals surface area contributed by atoms with Crippen molar-refractivity contribution < 1.29 is 22.7 Å². The van der Waals surface area contributed by atoms with Crippen molar-refractivity contribution >= 4 is 27.5 Å². The third-order valence-electron chi connectivity index (χ3n) is 3.76. The molecule has 2 aromatic carbocycles. The molecule has 4 nitrogen and oxygen atoms in total. The van der Waals surface area contributed by atoms with E-state index in [0.29, 0.717) is 6.54 Å². The van der Waals surface area contributed by atoms with Crippen LogP contribution in [0.3, 0.4) is 0 Å². The second kappa shape index (κ2) is 8.39. The van der Waals surface area contributed by atoms with Crippen molar-refractivity contribution in [1.29, 1.82) is 0 Å². The molecule has 0 fully saturated rings. The summed E-state index contributed by atoms with van der Waals surface area (Å²) in [6.45, 7) is 0.114. The van der Waals surface area contributed by atoms with Crippen LogP contribution in [0.2, 0.25) is 0 Å². The maximum Gasteiger partial charge on any atom is 0.416 e. The summed E-state index contributed by atoms with van der Waals surface area (Å²) in [5.41, 5.74) is 0.160. The van der Waals surface area contributed by atoms with Crippen LogP contribution in [0, 0.1) is 0 Å². The van der Waals surface area contributed by atoms with Crippen LogP contribution in [0.25, 0.3) is 10.2 Å². The largest absolute Gasteiger partial charge is 0.484 e. The Morgan fingerprint density at radius 1 is 1.15 bits per heavy atom. The highest BCUT2D eigenvalue weighted by molar-refractivity contribution is 7.18. The summed E-state index contributed by atoms with van der Waals surface area (Å²) in [4.78, 5) is 16.3. The Balaban J connectivity index is 1.40. The first kappa shape index (κ1) is 19.2. The van der Waals surface area contributed by atoms with E-state index in [4.69, 9.17) is 4.74 Å². The molecule has 0 atom stereocenters. The van der Waals surface area contributed by atoms with Crippen molar-refractivity contribution in [3.05, 3.63) is 59.1 Å². The molecular formula is C19H17F3N2O2S. The number of alkyl halides is 3. The second-order valence-corrected chi connectivity index (χ2v) is 6.96. The van der Waals surface area contributed by atoms with E-state index in [1.165, 1.54) is 12.1 Å². The van der Waals surface area contributed by atoms with Crippen LogP contribution in [0.15, 0.2) is 48.5 Å². The minimum atomic E-state index is -4.44. The van der Waals surface area contributed by atoms with E-state index in [0.717, 1.165) is 40.2 Å². The first-order valence-corrected chi connectivity index (χ1v) is 9.15. The lowest BCUT2D eigenvalue weighted by molar-refractivity contribution is -0.137. The van der Waals surface area contributed by atoms with Gasteiger partial charge in [-0.2, -0.15) is 13.2 Å². The molecular weight excluding hydrogens is 377 g/mol. The fraction of sp³-hybridized carbons (Fsp3) is 0.263. The third-order valence-corrected chi connectivity index (χ3v) is 4.86. The van der Waals surface area contributed by atoms with Crippen molar-refractivity contribution in [2.24, 2.45) is 0 Å². The van der Waals surface area contributed by atoms with Crippen molar-refractivity contribution in [2.75, 3.05) is 13.2 Å². The number of nitrogens with one attached hydrogen (secondary N) is 1. The van der Waals surface area contributed by atoms with Gasteiger partial charge in [0, 0.05) is 13.0 Å². The number of ether oxygens (including phenoxy) is 1. The lowest BCUT2D eigenvalue weighted by Gasteiger charge is -2.10. The molecule has 1 amide bonds. The molecule has 0 aliphatic carbocycles. The number of halogens is 3. The number of hydrogen-bond acceptors (Lipinski definition) is 4. The summed E-state index contributed by atoms with van der Waals surface area (Å²) in [7, 11) is 0. The van der Waals surface area contributed by atoms with Crippen LogP contribution in [0.1, 0.15) is 17.0 Å². The molecule has 0 saturated heterocycles. The van der Waals surface area contributed by atoms with Gasteiger partial charge in [-0.1, -0.05) is 18.2 Å². The summed E-state index contributed by atoms with van der Waals surface area (Å²) in [6.07, 6.45) is -2.98. The van der Waals surface area contributed by atoms with Gasteiger partial charge < -0.3 is 10.1 Å². The molecule has 142 valence electrons. The van der Waals surface area contributed by atoms with E-state index in [1.54, 1.807) is 11.3 Å². The van der Waals surface area contributed by atoms with Crippen LogP contribution in [-0.2, 0) is 17.4 Å². The zero-order chi connectivity index (χ0) is 19.3. The van der Waals surface area contributed by atoms with E-state index in [9.17, 15) is 18.0 Å². The zero-order valence-corrected chi connectivity index (χ0v) is 15.1. The Hall–Kier alpha value is -2.61. The summed E-state index contributed by atoms with van der Waals surface area (Å²) < 4.78 is 44.2. The van der Waals surface area contributed by atoms with Gasteiger partial charge in [0.15, 0.2) is 6.61 Å². The lowest BCUT2D eigenvalue weighted by atomic mass is 10.2. The van der Waals surface area contributed by atoms with Crippen LogP contribution in [-0.4, -0.2) is 24.0 Å². The maximum atomic E-state index is 12.6. The Labute approximate surface area is 158 Å². The summed E-state index contributed by atoms with van der Waals surface area (Å²) >= 11 is 1.63. The number of aryl methyl sites for hydroxylation is 1. The first-order valence-electron chi connectivity index (χ1n) is 8.33. The molecule has 27 heavy (non-hydrogen) atoms. The van der Waals surface area contributed by atoms with Gasteiger partial charge in [-0.3, -0.25) is 4.79 Å². The standard InChI is InChI=1S/C19H17F3N2O2S/c20-19(21,22)13-5-3-6-14(11-13)26-12-17(25)23-10-4-9-18-24-15-7-1-2-8-16(15)27-18/h1-3,5-8,11H,4,9-10,12H2,(H,23,25). The molecule has 1 heterocycles. The van der Waals surface area contributed by atoms with Crippen LogP contribution >= 0.6 is 11.3 Å². The van der Waals surface area contributed by atoms with E-state index in [1.807, 2.05) is 24.3 Å². The highest BCUT2D eigenvalue weighted by Gasteiger charge is 2.30. The van der Waals surface area contributed by atoms with E-state index < -0.39 is 11.7 Å². The highest BCUT2D eigenvalue weighted by Crippen LogP contribution is 2.31. The lowest BCUT2D eigenvalue weighted by Crippen LogP contribution is -2.29. The topological polar surface area (TPSA) is 51.2 Å². The Bertz CT molecular complexity index is 891. The maximum absolute atomic E-state index is 12.6. The second-order valence-electron chi connectivity index (χ2n) is 5.84. The number of amides is 1. The van der Waals surface area contributed by atoms with E-state index >= 15 is 0 Å². The number of rotatable bonds is 7. The SMILES string of the molecule is O=C(COc1cccc(C(F)(F)F)c1)NCCCc1nc2ccccc2s1. The number of fused-ring (bicyclic) bond motifs is 1. The van der Waals surface area contributed by atoms with Crippen LogP contribution in [0.5, 0.6) is 5.75 Å². The fourth-order valence-electron chi connectivity index (χ4n) is 2.46. The molecule has 0 bridgehead atoms. The smallest absolute Gasteiger partial charge is 0.416 e. The zero-order valence-electron chi connectivity index (χ0n) is 14.3. The van der Waals surface area contributed by atoms with Crippen molar-refractivity contribution in [3.63, 3.8) is 0 Å². The third kappa shape index (κ3) is 5.43. The summed E-state index contributed by atoms with van der Waals surface area (Å²) in [6, 6.07) is 12.3. The number of hydrogen-bond donors (Lipinski definition) is 1. The normalized spacial score (nSPS) is 11.5. The molecule has 0 spiro atoms. The number of aromatic nitrogens is 1. The quantitative estimate of drug-likeness (QED) is 0.603. The number of benzene rings is 2. The predicted molar refractivity (Wildman–Crippen MR) is 97.9 cm³/mol. The van der Waals surface area contributed by atoms with E-state index in [-0.39, 0.29) is 18.3 Å². The number of carbonyl (C=O) groups is 1. The molecule has 0 saturated carbocycles. The molecule has 1 N–H and O–H groups in total. The summed E-state index contributed by atoms with van der Waals surface area (Å²) in [5.74, 6) is -0.369. The minimum Gasteiger partial charge on any atom is -0.484 e. The minimum absolute atomic E-state index is 0.00875.